The summed E-state index contributed by atoms with van der Waals surface area (Å²) in [5.74, 6) is 0.680. The minimum absolute atomic E-state index is 0.219. The Kier molecular flexibility index (Phi) is 4.73. The van der Waals surface area contributed by atoms with Crippen molar-refractivity contribution in [2.24, 2.45) is 16.7 Å². The van der Waals surface area contributed by atoms with Crippen molar-refractivity contribution in [1.82, 2.24) is 9.80 Å². The summed E-state index contributed by atoms with van der Waals surface area (Å²) in [5.41, 5.74) is -0.665. The van der Waals surface area contributed by atoms with Crippen molar-refractivity contribution >= 4 is 11.8 Å². The van der Waals surface area contributed by atoms with Crippen LogP contribution in [0.3, 0.4) is 0 Å². The highest BCUT2D eigenvalue weighted by Gasteiger charge is 2.56. The second-order valence-corrected chi connectivity index (χ2v) is 8.05. The maximum atomic E-state index is 13.1. The summed E-state index contributed by atoms with van der Waals surface area (Å²) in [5, 5.41) is 0. The predicted octanol–water partition coefficient (Wildman–Crippen LogP) is 2.08. The summed E-state index contributed by atoms with van der Waals surface area (Å²) in [4.78, 5) is 30.0. The highest BCUT2D eigenvalue weighted by Crippen LogP contribution is 2.46. The Morgan fingerprint density at radius 2 is 2.17 bits per heavy atom. The van der Waals surface area contributed by atoms with Gasteiger partial charge in [0.25, 0.3) is 0 Å². The van der Waals surface area contributed by atoms with Gasteiger partial charge >= 0.3 is 0 Å². The fourth-order valence-electron chi connectivity index (χ4n) is 4.64. The van der Waals surface area contributed by atoms with Gasteiger partial charge in [-0.1, -0.05) is 26.0 Å². The number of ether oxygens (including phenoxy) is 1. The third-order valence-electron chi connectivity index (χ3n) is 6.42. The number of hydrogen-bond acceptors (Lipinski definition) is 3. The lowest BCUT2D eigenvalue weighted by Gasteiger charge is -2.34. The van der Waals surface area contributed by atoms with Crippen LogP contribution in [0.25, 0.3) is 0 Å². The van der Waals surface area contributed by atoms with Crippen LogP contribution in [0.2, 0.25) is 0 Å². The molecule has 2 heterocycles. The molecule has 134 valence electrons. The monoisotopic (exact) mass is 334 g/mol. The van der Waals surface area contributed by atoms with Crippen LogP contribution in [0.4, 0.5) is 0 Å². The Labute approximate surface area is 145 Å². The summed E-state index contributed by atoms with van der Waals surface area (Å²) in [7, 11) is 1.66. The molecule has 0 aromatic heterocycles. The normalized spacial score (nSPS) is 36.1. The van der Waals surface area contributed by atoms with Crippen LogP contribution in [0, 0.1) is 16.7 Å². The van der Waals surface area contributed by atoms with Crippen molar-refractivity contribution in [2.45, 2.75) is 39.5 Å². The topological polar surface area (TPSA) is 49.9 Å². The summed E-state index contributed by atoms with van der Waals surface area (Å²) in [6, 6.07) is 0. The third kappa shape index (κ3) is 2.77. The first-order valence-corrected chi connectivity index (χ1v) is 9.16. The Morgan fingerprint density at radius 3 is 2.83 bits per heavy atom. The molecule has 1 spiro atoms. The van der Waals surface area contributed by atoms with Gasteiger partial charge in [0.1, 0.15) is 0 Å². The van der Waals surface area contributed by atoms with E-state index in [-0.39, 0.29) is 28.6 Å². The number of methoxy groups -OCH3 is 1. The molecule has 0 aromatic rings. The smallest absolute Gasteiger partial charge is 0.231 e. The third-order valence-corrected chi connectivity index (χ3v) is 6.42. The molecule has 0 bridgehead atoms. The number of rotatable bonds is 4. The van der Waals surface area contributed by atoms with E-state index in [2.05, 4.69) is 26.0 Å². The molecule has 24 heavy (non-hydrogen) atoms. The molecule has 0 radical (unpaired) electrons. The number of carbonyl (C=O) groups is 2. The Balaban J connectivity index is 1.72. The molecule has 1 aliphatic carbocycles. The van der Waals surface area contributed by atoms with Gasteiger partial charge < -0.3 is 14.5 Å². The maximum Gasteiger partial charge on any atom is 0.231 e. The van der Waals surface area contributed by atoms with E-state index >= 15 is 0 Å². The van der Waals surface area contributed by atoms with Crippen LogP contribution in [0.1, 0.15) is 39.5 Å². The zero-order valence-corrected chi connectivity index (χ0v) is 15.2. The number of carbonyl (C=O) groups excluding carboxylic acids is 2. The van der Waals surface area contributed by atoms with E-state index in [4.69, 9.17) is 4.74 Å². The Hall–Kier alpha value is -1.36. The minimum Gasteiger partial charge on any atom is -0.383 e. The average Bonchev–Trinajstić information content (AvgIpc) is 3.08. The fourth-order valence-corrected chi connectivity index (χ4v) is 4.64. The maximum absolute atomic E-state index is 13.1. The molecule has 2 aliphatic heterocycles. The van der Waals surface area contributed by atoms with Crippen molar-refractivity contribution in [3.63, 3.8) is 0 Å². The van der Waals surface area contributed by atoms with Gasteiger partial charge in [0, 0.05) is 33.3 Å². The molecule has 2 amide bonds. The van der Waals surface area contributed by atoms with E-state index < -0.39 is 0 Å². The highest BCUT2D eigenvalue weighted by atomic mass is 16.5. The Bertz CT molecular complexity index is 547. The highest BCUT2D eigenvalue weighted by molar-refractivity contribution is 5.89. The number of hydrogen-bond donors (Lipinski definition) is 0. The van der Waals surface area contributed by atoms with Gasteiger partial charge in [-0.3, -0.25) is 9.59 Å². The molecule has 0 aromatic carbocycles. The van der Waals surface area contributed by atoms with Gasteiger partial charge in [0.05, 0.1) is 17.4 Å². The van der Waals surface area contributed by atoms with Crippen molar-refractivity contribution in [1.29, 1.82) is 0 Å². The van der Waals surface area contributed by atoms with Gasteiger partial charge in [-0.25, -0.2) is 0 Å². The Morgan fingerprint density at radius 1 is 1.38 bits per heavy atom. The zero-order chi connectivity index (χ0) is 17.4. The van der Waals surface area contributed by atoms with E-state index in [1.807, 2.05) is 9.80 Å². The van der Waals surface area contributed by atoms with Gasteiger partial charge in [0.15, 0.2) is 0 Å². The molecule has 3 rings (SSSR count). The first-order chi connectivity index (χ1) is 11.4. The lowest BCUT2D eigenvalue weighted by atomic mass is 9.77. The lowest BCUT2D eigenvalue weighted by molar-refractivity contribution is -0.142. The summed E-state index contributed by atoms with van der Waals surface area (Å²) < 4.78 is 5.12. The molecule has 0 N–H and O–H groups in total. The van der Waals surface area contributed by atoms with Crippen molar-refractivity contribution in [2.75, 3.05) is 39.9 Å². The number of allylic oxidation sites excluding steroid dienone is 2. The number of amides is 2. The summed E-state index contributed by atoms with van der Waals surface area (Å²) >= 11 is 0. The van der Waals surface area contributed by atoms with E-state index in [1.165, 1.54) is 0 Å². The molecule has 2 fully saturated rings. The zero-order valence-electron chi connectivity index (χ0n) is 15.2. The van der Waals surface area contributed by atoms with Gasteiger partial charge in [0.2, 0.25) is 11.8 Å². The van der Waals surface area contributed by atoms with Crippen LogP contribution < -0.4 is 0 Å². The molecule has 1 unspecified atom stereocenters. The van der Waals surface area contributed by atoms with Gasteiger partial charge in [-0.15, -0.1) is 0 Å². The number of likely N-dealkylation sites (tertiary alicyclic amines) is 2. The second kappa shape index (κ2) is 6.51. The van der Waals surface area contributed by atoms with Gasteiger partial charge in [-0.2, -0.15) is 0 Å². The van der Waals surface area contributed by atoms with Crippen LogP contribution in [-0.2, 0) is 14.3 Å². The molecule has 0 saturated carbocycles. The molecule has 5 heteroatoms. The minimum atomic E-state index is -0.371. The van der Waals surface area contributed by atoms with Crippen LogP contribution in [-0.4, -0.2) is 61.5 Å². The molecular formula is C19H30N2O3. The van der Waals surface area contributed by atoms with Crippen molar-refractivity contribution in [3.05, 3.63) is 12.2 Å². The molecule has 5 nitrogen and oxygen atoms in total. The fraction of sp³-hybridized carbons (Fsp3) is 0.789. The molecule has 3 aliphatic rings. The van der Waals surface area contributed by atoms with E-state index in [1.54, 1.807) is 7.11 Å². The van der Waals surface area contributed by atoms with Gasteiger partial charge in [-0.05, 0) is 31.6 Å². The summed E-state index contributed by atoms with van der Waals surface area (Å²) in [6.45, 7) is 7.53. The van der Waals surface area contributed by atoms with E-state index in [0.717, 1.165) is 32.2 Å². The molecule has 3 atom stereocenters. The first kappa shape index (κ1) is 17.5. The van der Waals surface area contributed by atoms with Crippen molar-refractivity contribution < 1.29 is 14.3 Å². The summed E-state index contributed by atoms with van der Waals surface area (Å²) in [6.07, 6.45) is 7.85. The van der Waals surface area contributed by atoms with Crippen LogP contribution >= 0.6 is 0 Å². The molecular weight excluding hydrogens is 304 g/mol. The average molecular weight is 334 g/mol. The second-order valence-electron chi connectivity index (χ2n) is 8.05. The van der Waals surface area contributed by atoms with E-state index in [0.29, 0.717) is 26.2 Å². The largest absolute Gasteiger partial charge is 0.383 e. The number of nitrogens with zero attached hydrogens (tertiary/aromatic N) is 2. The van der Waals surface area contributed by atoms with Crippen LogP contribution in [0.5, 0.6) is 0 Å². The first-order valence-electron chi connectivity index (χ1n) is 9.16. The SMILES string of the molecule is COCCN1CC[C@]2(CN(C(=O)C3(C)CC=CCC3)C[C@H]2C)C1=O. The van der Waals surface area contributed by atoms with Crippen LogP contribution in [0.15, 0.2) is 12.2 Å². The van der Waals surface area contributed by atoms with Crippen molar-refractivity contribution in [3.8, 4) is 0 Å². The standard InChI is InChI=1S/C19H30N2O3/c1-15-13-21(16(22)18(2)7-5-4-6-8-18)14-19(15)9-10-20(17(19)23)11-12-24-3/h4-5,15H,6-14H2,1-3H3/t15-,18?,19-/m1/s1. The molecule has 2 saturated heterocycles. The lowest BCUT2D eigenvalue weighted by Crippen LogP contribution is -2.44. The quantitative estimate of drug-likeness (QED) is 0.740. The van der Waals surface area contributed by atoms with E-state index in [9.17, 15) is 9.59 Å². The predicted molar refractivity (Wildman–Crippen MR) is 92.3 cm³/mol.